The van der Waals surface area contributed by atoms with Crippen molar-refractivity contribution in [2.75, 3.05) is 57.8 Å². The molecule has 2 fully saturated rings. The van der Waals surface area contributed by atoms with Crippen LogP contribution in [0.15, 0.2) is 48.7 Å². The minimum atomic E-state index is -0.0619. The Morgan fingerprint density at radius 3 is 2.55 bits per heavy atom. The van der Waals surface area contributed by atoms with Gasteiger partial charge in [0.05, 0.1) is 22.6 Å². The lowest BCUT2D eigenvalue weighted by atomic mass is 9.96. The van der Waals surface area contributed by atoms with Crippen molar-refractivity contribution in [1.29, 1.82) is 0 Å². The van der Waals surface area contributed by atoms with Crippen molar-refractivity contribution in [2.45, 2.75) is 32.4 Å². The van der Waals surface area contributed by atoms with Crippen molar-refractivity contribution in [3.63, 3.8) is 0 Å². The van der Waals surface area contributed by atoms with Gasteiger partial charge in [-0.2, -0.15) is 0 Å². The van der Waals surface area contributed by atoms with Gasteiger partial charge in [-0.3, -0.25) is 14.5 Å². The summed E-state index contributed by atoms with van der Waals surface area (Å²) < 4.78 is 2.13. The van der Waals surface area contributed by atoms with Gasteiger partial charge < -0.3 is 19.3 Å². The van der Waals surface area contributed by atoms with Gasteiger partial charge in [-0.1, -0.05) is 29.8 Å². The van der Waals surface area contributed by atoms with Crippen LogP contribution in [0.5, 0.6) is 0 Å². The molecule has 6 rings (SSSR count). The summed E-state index contributed by atoms with van der Waals surface area (Å²) in [6.45, 7) is 8.32. The lowest BCUT2D eigenvalue weighted by Crippen LogP contribution is -2.50. The van der Waals surface area contributed by atoms with Gasteiger partial charge in [0.1, 0.15) is 0 Å². The largest absolute Gasteiger partial charge is 0.347 e. The molecule has 8 heteroatoms. The number of likely N-dealkylation sites (tertiary alicyclic amines) is 1. The van der Waals surface area contributed by atoms with Crippen molar-refractivity contribution in [3.8, 4) is 0 Å². The Balaban J connectivity index is 1.05. The standard InChI is InChI=1S/C30H36ClN5O2/c1-32-11-7-22(8-12-32)20-33-15-17-35(18-16-33)28(37)10-14-34-13-9-23-5-6-25(19-27(23)34)36-21-24-3-2-4-26(31)29(24)30(36)38/h2-6,9,13,19,22H,7-8,10-12,14-18,20-21H2,1H3. The smallest absolute Gasteiger partial charge is 0.260 e. The number of hydrogen-bond donors (Lipinski definition) is 0. The van der Waals surface area contributed by atoms with Crippen molar-refractivity contribution < 1.29 is 9.59 Å². The molecule has 3 aromatic rings. The van der Waals surface area contributed by atoms with E-state index < -0.39 is 0 Å². The number of benzene rings is 2. The zero-order chi connectivity index (χ0) is 26.2. The van der Waals surface area contributed by atoms with Crippen LogP contribution in [0.25, 0.3) is 10.9 Å². The summed E-state index contributed by atoms with van der Waals surface area (Å²) in [5, 5.41) is 1.60. The van der Waals surface area contributed by atoms with Crippen LogP contribution in [0.1, 0.15) is 35.2 Å². The molecule has 1 aromatic heterocycles. The fourth-order valence-electron chi connectivity index (χ4n) is 6.22. The minimum absolute atomic E-state index is 0.0619. The lowest BCUT2D eigenvalue weighted by molar-refractivity contribution is -0.133. The highest BCUT2D eigenvalue weighted by Crippen LogP contribution is 2.34. The van der Waals surface area contributed by atoms with Gasteiger partial charge in [-0.25, -0.2) is 0 Å². The van der Waals surface area contributed by atoms with Crippen LogP contribution in [-0.4, -0.2) is 83.9 Å². The van der Waals surface area contributed by atoms with Crippen molar-refractivity contribution in [1.82, 2.24) is 19.3 Å². The third-order valence-electron chi connectivity index (χ3n) is 8.60. The molecule has 38 heavy (non-hydrogen) atoms. The molecule has 2 aromatic carbocycles. The quantitative estimate of drug-likeness (QED) is 0.473. The van der Waals surface area contributed by atoms with E-state index in [1.807, 2.05) is 35.4 Å². The van der Waals surface area contributed by atoms with Gasteiger partial charge in [0.15, 0.2) is 0 Å². The fraction of sp³-hybridized carbons (Fsp3) is 0.467. The molecule has 0 atom stereocenters. The zero-order valence-electron chi connectivity index (χ0n) is 22.1. The Morgan fingerprint density at radius 1 is 1.00 bits per heavy atom. The number of carbonyl (C=O) groups is 2. The van der Waals surface area contributed by atoms with Gasteiger partial charge in [0, 0.05) is 57.6 Å². The minimum Gasteiger partial charge on any atom is -0.347 e. The molecule has 7 nitrogen and oxygen atoms in total. The lowest BCUT2D eigenvalue weighted by Gasteiger charge is -2.38. The number of rotatable bonds is 6. The summed E-state index contributed by atoms with van der Waals surface area (Å²) in [5.41, 5.74) is 3.44. The molecule has 0 saturated carbocycles. The second-order valence-electron chi connectivity index (χ2n) is 11.1. The Labute approximate surface area is 229 Å². The Morgan fingerprint density at radius 2 is 1.79 bits per heavy atom. The number of fused-ring (bicyclic) bond motifs is 2. The van der Waals surface area contributed by atoms with E-state index >= 15 is 0 Å². The number of hydrogen-bond acceptors (Lipinski definition) is 4. The van der Waals surface area contributed by atoms with Crippen molar-refractivity contribution in [3.05, 3.63) is 64.8 Å². The Kier molecular flexibility index (Phi) is 7.16. The molecule has 0 N–H and O–H groups in total. The molecule has 0 bridgehead atoms. The van der Waals surface area contributed by atoms with E-state index in [9.17, 15) is 9.59 Å². The number of anilines is 1. The average molecular weight is 534 g/mol. The maximum absolute atomic E-state index is 13.1. The number of amides is 2. The Hall–Kier alpha value is -2.87. The molecule has 200 valence electrons. The van der Waals surface area contributed by atoms with E-state index in [1.165, 1.54) is 32.5 Å². The van der Waals surface area contributed by atoms with Gasteiger partial charge in [-0.15, -0.1) is 0 Å². The predicted octanol–water partition coefficient (Wildman–Crippen LogP) is 4.33. The van der Waals surface area contributed by atoms with Gasteiger partial charge in [-0.05, 0) is 74.1 Å². The molecule has 0 unspecified atom stereocenters. The van der Waals surface area contributed by atoms with Crippen LogP contribution < -0.4 is 4.90 Å². The number of aryl methyl sites for hydroxylation is 1. The number of nitrogens with zero attached hydrogens (tertiary/aromatic N) is 5. The highest BCUT2D eigenvalue weighted by Gasteiger charge is 2.31. The van der Waals surface area contributed by atoms with Crippen LogP contribution in [0, 0.1) is 5.92 Å². The van der Waals surface area contributed by atoms with E-state index in [4.69, 9.17) is 11.6 Å². The predicted molar refractivity (Wildman–Crippen MR) is 152 cm³/mol. The third-order valence-corrected chi connectivity index (χ3v) is 8.92. The topological polar surface area (TPSA) is 52.0 Å². The second kappa shape index (κ2) is 10.7. The number of aromatic nitrogens is 1. The summed E-state index contributed by atoms with van der Waals surface area (Å²) in [6.07, 6.45) is 5.09. The number of halogens is 1. The third kappa shape index (κ3) is 5.07. The van der Waals surface area contributed by atoms with Crippen molar-refractivity contribution >= 4 is 40.0 Å². The van der Waals surface area contributed by atoms with Crippen LogP contribution in [-0.2, 0) is 17.9 Å². The molecule has 0 radical (unpaired) electrons. The number of carbonyl (C=O) groups excluding carboxylic acids is 2. The molecule has 2 amide bonds. The van der Waals surface area contributed by atoms with Crippen LogP contribution >= 0.6 is 11.6 Å². The fourth-order valence-corrected chi connectivity index (χ4v) is 6.50. The van der Waals surface area contributed by atoms with Gasteiger partial charge >= 0.3 is 0 Å². The molecular formula is C30H36ClN5O2. The molecule has 0 spiro atoms. The molecule has 4 heterocycles. The first-order valence-corrected chi connectivity index (χ1v) is 14.2. The highest BCUT2D eigenvalue weighted by atomic mass is 35.5. The number of piperazine rings is 1. The average Bonchev–Trinajstić information content (AvgIpc) is 3.50. The van der Waals surface area contributed by atoms with Gasteiger partial charge in [0.2, 0.25) is 5.91 Å². The Bertz CT molecular complexity index is 1340. The first kappa shape index (κ1) is 25.4. The summed E-state index contributed by atoms with van der Waals surface area (Å²) in [6, 6.07) is 13.8. The van der Waals surface area contributed by atoms with E-state index in [1.54, 1.807) is 11.0 Å². The maximum atomic E-state index is 13.1. The van der Waals surface area contributed by atoms with E-state index in [2.05, 4.69) is 33.5 Å². The maximum Gasteiger partial charge on any atom is 0.260 e. The normalized spacial score (nSPS) is 19.5. The molecular weight excluding hydrogens is 498 g/mol. The summed E-state index contributed by atoms with van der Waals surface area (Å²) in [5.74, 6) is 0.956. The van der Waals surface area contributed by atoms with Crippen molar-refractivity contribution in [2.24, 2.45) is 5.92 Å². The van der Waals surface area contributed by atoms with Crippen LogP contribution in [0.3, 0.4) is 0 Å². The number of piperidine rings is 1. The zero-order valence-corrected chi connectivity index (χ0v) is 22.9. The molecule has 2 saturated heterocycles. The van der Waals surface area contributed by atoms with E-state index in [-0.39, 0.29) is 11.8 Å². The van der Waals surface area contributed by atoms with Crippen LogP contribution in [0.2, 0.25) is 5.02 Å². The molecule has 3 aliphatic heterocycles. The van der Waals surface area contributed by atoms with E-state index in [0.717, 1.165) is 54.3 Å². The first-order chi connectivity index (χ1) is 18.5. The van der Waals surface area contributed by atoms with Gasteiger partial charge in [0.25, 0.3) is 5.91 Å². The molecule has 3 aliphatic rings. The monoisotopic (exact) mass is 533 g/mol. The van der Waals surface area contributed by atoms with E-state index in [0.29, 0.717) is 30.1 Å². The second-order valence-corrected chi connectivity index (χ2v) is 11.5. The SMILES string of the molecule is CN1CCC(CN2CCN(C(=O)CCn3ccc4ccc(N5Cc6cccc(Cl)c6C5=O)cc43)CC2)CC1. The summed E-state index contributed by atoms with van der Waals surface area (Å²) >= 11 is 6.32. The first-order valence-electron chi connectivity index (χ1n) is 13.8. The molecule has 0 aliphatic carbocycles. The highest BCUT2D eigenvalue weighted by molar-refractivity contribution is 6.35. The summed E-state index contributed by atoms with van der Waals surface area (Å²) in [4.78, 5) is 34.9. The summed E-state index contributed by atoms with van der Waals surface area (Å²) in [7, 11) is 2.21. The van der Waals surface area contributed by atoms with Crippen LogP contribution in [0.4, 0.5) is 5.69 Å².